The number of benzene rings is 1. The molecule has 0 unspecified atom stereocenters. The molecule has 5 nitrogen and oxygen atoms in total. The van der Waals surface area contributed by atoms with Crippen molar-refractivity contribution in [2.24, 2.45) is 11.8 Å². The molecule has 2 heterocycles. The Morgan fingerprint density at radius 1 is 1.24 bits per heavy atom. The second kappa shape index (κ2) is 4.35. The Labute approximate surface area is 121 Å². The number of para-hydroxylation sites is 1. The summed E-state index contributed by atoms with van der Waals surface area (Å²) in [6, 6.07) is 8.10. The number of hydrogen-bond donors (Lipinski definition) is 2. The van der Waals surface area contributed by atoms with Gasteiger partial charge < -0.3 is 15.0 Å². The zero-order valence-corrected chi connectivity index (χ0v) is 11.5. The van der Waals surface area contributed by atoms with Crippen LogP contribution in [0.5, 0.6) is 0 Å². The minimum Gasteiger partial charge on any atom is -0.481 e. The first-order valence-electron chi connectivity index (χ1n) is 7.25. The Balaban J connectivity index is 1.59. The van der Waals surface area contributed by atoms with Gasteiger partial charge in [-0.15, -0.1) is 0 Å². The van der Waals surface area contributed by atoms with Gasteiger partial charge in [0.25, 0.3) is 0 Å². The number of fused-ring (bicyclic) bond motifs is 3. The average molecular weight is 284 g/mol. The third-order valence-corrected chi connectivity index (χ3v) is 4.62. The fourth-order valence-corrected chi connectivity index (χ4v) is 3.33. The monoisotopic (exact) mass is 284 g/mol. The second-order valence-electron chi connectivity index (χ2n) is 5.92. The third kappa shape index (κ3) is 1.92. The van der Waals surface area contributed by atoms with Gasteiger partial charge in [-0.1, -0.05) is 18.2 Å². The lowest BCUT2D eigenvalue weighted by atomic mass is 10.0. The van der Waals surface area contributed by atoms with Crippen LogP contribution in [0.4, 0.5) is 0 Å². The van der Waals surface area contributed by atoms with Gasteiger partial charge in [0.05, 0.1) is 11.8 Å². The summed E-state index contributed by atoms with van der Waals surface area (Å²) in [7, 11) is 0. The fourth-order valence-electron chi connectivity index (χ4n) is 3.33. The van der Waals surface area contributed by atoms with E-state index in [0.29, 0.717) is 19.5 Å². The number of hydrogen-bond acceptors (Lipinski definition) is 2. The third-order valence-electron chi connectivity index (χ3n) is 4.62. The first-order chi connectivity index (χ1) is 10.1. The van der Waals surface area contributed by atoms with Crippen molar-refractivity contribution in [3.8, 4) is 0 Å². The predicted molar refractivity (Wildman–Crippen MR) is 76.7 cm³/mol. The summed E-state index contributed by atoms with van der Waals surface area (Å²) in [6.45, 7) is 1.25. The summed E-state index contributed by atoms with van der Waals surface area (Å²) in [5, 5.41) is 10.1. The van der Waals surface area contributed by atoms with Crippen molar-refractivity contribution in [2.75, 3.05) is 6.54 Å². The van der Waals surface area contributed by atoms with Crippen LogP contribution in [0.15, 0.2) is 24.3 Å². The highest BCUT2D eigenvalue weighted by molar-refractivity contribution is 5.90. The molecule has 1 amide bonds. The zero-order valence-electron chi connectivity index (χ0n) is 11.5. The molecule has 2 aromatic rings. The maximum absolute atomic E-state index is 12.4. The van der Waals surface area contributed by atoms with Crippen LogP contribution in [-0.4, -0.2) is 33.4 Å². The maximum atomic E-state index is 12.4. The van der Waals surface area contributed by atoms with Crippen LogP contribution in [0.2, 0.25) is 0 Å². The summed E-state index contributed by atoms with van der Waals surface area (Å²) >= 11 is 0. The number of rotatable bonds is 2. The lowest BCUT2D eigenvalue weighted by Gasteiger charge is -2.27. The topological polar surface area (TPSA) is 73.4 Å². The number of amides is 1. The lowest BCUT2D eigenvalue weighted by molar-refractivity contribution is -0.142. The van der Waals surface area contributed by atoms with Gasteiger partial charge in [-0.05, 0) is 12.5 Å². The molecule has 1 fully saturated rings. The molecule has 2 aliphatic rings. The number of carboxylic acids is 1. The Kier molecular flexibility index (Phi) is 2.58. The van der Waals surface area contributed by atoms with Gasteiger partial charge in [0.2, 0.25) is 5.91 Å². The van der Waals surface area contributed by atoms with Crippen molar-refractivity contribution in [3.63, 3.8) is 0 Å². The Morgan fingerprint density at radius 2 is 2.05 bits per heavy atom. The number of aromatic nitrogens is 1. The lowest BCUT2D eigenvalue weighted by Crippen LogP contribution is -2.37. The molecule has 0 spiro atoms. The van der Waals surface area contributed by atoms with Crippen LogP contribution in [0.25, 0.3) is 10.9 Å². The van der Waals surface area contributed by atoms with E-state index in [9.17, 15) is 9.59 Å². The summed E-state index contributed by atoms with van der Waals surface area (Å²) in [5.74, 6) is -1.63. The van der Waals surface area contributed by atoms with E-state index in [2.05, 4.69) is 11.1 Å². The van der Waals surface area contributed by atoms with E-state index in [1.54, 1.807) is 0 Å². The summed E-state index contributed by atoms with van der Waals surface area (Å²) in [5.41, 5.74) is 3.48. The molecular formula is C16H16N2O3. The molecule has 0 saturated heterocycles. The Hall–Kier alpha value is -2.30. The number of carboxylic acid groups (broad SMARTS) is 1. The molecule has 1 aromatic heterocycles. The normalized spacial score (nSPS) is 23.9. The quantitative estimate of drug-likeness (QED) is 0.882. The van der Waals surface area contributed by atoms with E-state index in [0.717, 1.165) is 17.3 Å². The van der Waals surface area contributed by atoms with Crippen LogP contribution in [0.1, 0.15) is 17.7 Å². The minimum atomic E-state index is -0.849. The van der Waals surface area contributed by atoms with Crippen molar-refractivity contribution in [1.82, 2.24) is 9.88 Å². The molecule has 108 valence electrons. The molecule has 5 heteroatoms. The number of carbonyl (C=O) groups is 2. The minimum absolute atomic E-state index is 0.00155. The average Bonchev–Trinajstić information content (AvgIpc) is 3.21. The van der Waals surface area contributed by atoms with Crippen LogP contribution in [0.3, 0.4) is 0 Å². The molecule has 1 aliphatic carbocycles. The Morgan fingerprint density at radius 3 is 2.81 bits per heavy atom. The molecule has 1 aromatic carbocycles. The highest BCUT2D eigenvalue weighted by Gasteiger charge is 2.50. The van der Waals surface area contributed by atoms with Crippen molar-refractivity contribution in [1.29, 1.82) is 0 Å². The van der Waals surface area contributed by atoms with Gasteiger partial charge in [0, 0.05) is 41.7 Å². The number of nitrogens with zero attached hydrogens (tertiary/aromatic N) is 1. The number of H-pyrrole nitrogens is 1. The van der Waals surface area contributed by atoms with Crippen LogP contribution >= 0.6 is 0 Å². The van der Waals surface area contributed by atoms with Crippen LogP contribution in [0, 0.1) is 11.8 Å². The van der Waals surface area contributed by atoms with Crippen molar-refractivity contribution < 1.29 is 14.7 Å². The van der Waals surface area contributed by atoms with Gasteiger partial charge in [0.15, 0.2) is 0 Å². The molecule has 2 atom stereocenters. The fraction of sp³-hybridized carbons (Fsp3) is 0.375. The van der Waals surface area contributed by atoms with Crippen LogP contribution in [-0.2, 0) is 22.6 Å². The summed E-state index contributed by atoms with van der Waals surface area (Å²) in [4.78, 5) is 28.5. The number of aromatic amines is 1. The van der Waals surface area contributed by atoms with Gasteiger partial charge >= 0.3 is 5.97 Å². The number of carbonyl (C=O) groups excluding carboxylic acids is 1. The van der Waals surface area contributed by atoms with Gasteiger partial charge in [0.1, 0.15) is 0 Å². The highest BCUT2D eigenvalue weighted by atomic mass is 16.4. The molecule has 0 radical (unpaired) electrons. The molecule has 1 saturated carbocycles. The van der Waals surface area contributed by atoms with E-state index in [4.69, 9.17) is 5.11 Å². The van der Waals surface area contributed by atoms with Gasteiger partial charge in [-0.2, -0.15) is 0 Å². The predicted octanol–water partition coefficient (Wildman–Crippen LogP) is 1.77. The van der Waals surface area contributed by atoms with E-state index in [1.807, 2.05) is 23.1 Å². The van der Waals surface area contributed by atoms with E-state index in [1.165, 1.54) is 11.3 Å². The summed E-state index contributed by atoms with van der Waals surface area (Å²) in [6.07, 6.45) is 1.30. The second-order valence-corrected chi connectivity index (χ2v) is 5.92. The Bertz CT molecular complexity index is 749. The van der Waals surface area contributed by atoms with E-state index < -0.39 is 11.9 Å². The number of nitrogens with one attached hydrogen (secondary N) is 1. The van der Waals surface area contributed by atoms with Crippen LogP contribution < -0.4 is 0 Å². The SMILES string of the molecule is O=C(O)[C@H]1C[C@H]1C(=O)N1CCc2[nH]c3ccccc3c2C1. The molecule has 21 heavy (non-hydrogen) atoms. The van der Waals surface area contributed by atoms with Gasteiger partial charge in [-0.25, -0.2) is 0 Å². The molecule has 4 rings (SSSR count). The molecular weight excluding hydrogens is 268 g/mol. The van der Waals surface area contributed by atoms with Crippen molar-refractivity contribution >= 4 is 22.8 Å². The first kappa shape index (κ1) is 12.4. The standard InChI is InChI=1S/C16H16N2O3/c19-15(10-7-11(10)16(20)21)18-6-5-14-12(8-18)9-3-1-2-4-13(9)17-14/h1-4,10-11,17H,5-8H2,(H,20,21)/t10-,11+/m1/s1. The molecule has 1 aliphatic heterocycles. The zero-order chi connectivity index (χ0) is 14.6. The first-order valence-corrected chi connectivity index (χ1v) is 7.25. The van der Waals surface area contributed by atoms with Crippen molar-refractivity contribution in [2.45, 2.75) is 19.4 Å². The molecule has 2 N–H and O–H groups in total. The number of aliphatic carboxylic acids is 1. The highest BCUT2D eigenvalue weighted by Crippen LogP contribution is 2.41. The van der Waals surface area contributed by atoms with Crippen molar-refractivity contribution in [3.05, 3.63) is 35.5 Å². The van der Waals surface area contributed by atoms with Gasteiger partial charge in [-0.3, -0.25) is 9.59 Å². The van der Waals surface area contributed by atoms with E-state index in [-0.39, 0.29) is 11.8 Å². The largest absolute Gasteiger partial charge is 0.481 e. The smallest absolute Gasteiger partial charge is 0.307 e. The maximum Gasteiger partial charge on any atom is 0.307 e. The van der Waals surface area contributed by atoms with E-state index >= 15 is 0 Å². The summed E-state index contributed by atoms with van der Waals surface area (Å²) < 4.78 is 0. The molecule has 0 bridgehead atoms.